The molecule has 0 spiro atoms. The molecule has 110 valence electrons. The van der Waals surface area contributed by atoms with Crippen LogP contribution in [-0.4, -0.2) is 36.9 Å². The van der Waals surface area contributed by atoms with Crippen molar-refractivity contribution in [3.63, 3.8) is 0 Å². The minimum absolute atomic E-state index is 0.169. The highest BCUT2D eigenvalue weighted by Crippen LogP contribution is 2.14. The third-order valence-electron chi connectivity index (χ3n) is 3.44. The van der Waals surface area contributed by atoms with E-state index in [1.807, 2.05) is 30.3 Å². The molecule has 5 nitrogen and oxygen atoms in total. The van der Waals surface area contributed by atoms with Gasteiger partial charge in [-0.25, -0.2) is 4.79 Å². The number of carbonyl (C=O) groups is 1. The van der Waals surface area contributed by atoms with E-state index < -0.39 is 6.10 Å². The topological polar surface area (TPSA) is 70.6 Å². The van der Waals surface area contributed by atoms with Crippen molar-refractivity contribution in [1.82, 2.24) is 10.6 Å². The zero-order valence-electron chi connectivity index (χ0n) is 11.5. The van der Waals surface area contributed by atoms with Crippen molar-refractivity contribution in [3.8, 4) is 0 Å². The fraction of sp³-hybridized carbons (Fsp3) is 0.533. The van der Waals surface area contributed by atoms with E-state index in [-0.39, 0.29) is 12.1 Å². The molecule has 1 heterocycles. The summed E-state index contributed by atoms with van der Waals surface area (Å²) in [5.74, 6) is 0. The Morgan fingerprint density at radius 3 is 2.70 bits per heavy atom. The fourth-order valence-corrected chi connectivity index (χ4v) is 2.24. The van der Waals surface area contributed by atoms with Crippen LogP contribution in [0.25, 0.3) is 0 Å². The molecule has 1 aliphatic rings. The lowest BCUT2D eigenvalue weighted by Crippen LogP contribution is -2.44. The minimum Gasteiger partial charge on any atom is -0.388 e. The van der Waals surface area contributed by atoms with Gasteiger partial charge in [0.15, 0.2) is 0 Å². The zero-order chi connectivity index (χ0) is 14.2. The van der Waals surface area contributed by atoms with Gasteiger partial charge in [-0.15, -0.1) is 0 Å². The van der Waals surface area contributed by atoms with Crippen LogP contribution in [0.3, 0.4) is 0 Å². The maximum Gasteiger partial charge on any atom is 0.315 e. The molecule has 3 N–H and O–H groups in total. The Morgan fingerprint density at radius 2 is 2.00 bits per heavy atom. The van der Waals surface area contributed by atoms with Gasteiger partial charge >= 0.3 is 6.03 Å². The first-order chi connectivity index (χ1) is 9.75. The van der Waals surface area contributed by atoms with Gasteiger partial charge in [0.05, 0.1) is 6.10 Å². The average molecular weight is 278 g/mol. The van der Waals surface area contributed by atoms with Gasteiger partial charge in [-0.2, -0.15) is 0 Å². The lowest BCUT2D eigenvalue weighted by atomic mass is 10.1. The van der Waals surface area contributed by atoms with Crippen LogP contribution < -0.4 is 10.6 Å². The Kier molecular flexibility index (Phi) is 5.83. The summed E-state index contributed by atoms with van der Waals surface area (Å²) in [6.45, 7) is 1.86. The van der Waals surface area contributed by atoms with Crippen LogP contribution in [0, 0.1) is 0 Å². The molecular weight excluding hydrogens is 256 g/mol. The van der Waals surface area contributed by atoms with Crippen LogP contribution in [0.1, 0.15) is 30.9 Å². The number of ether oxygens (including phenoxy) is 1. The van der Waals surface area contributed by atoms with Crippen molar-refractivity contribution in [2.24, 2.45) is 0 Å². The third-order valence-corrected chi connectivity index (χ3v) is 3.44. The minimum atomic E-state index is -0.542. The number of nitrogens with one attached hydrogen (secondary N) is 2. The highest BCUT2D eigenvalue weighted by Gasteiger charge is 2.15. The van der Waals surface area contributed by atoms with Crippen LogP contribution in [-0.2, 0) is 4.74 Å². The molecule has 0 aromatic heterocycles. The number of carbonyl (C=O) groups excluding carboxylic acids is 1. The molecule has 1 aromatic rings. The normalized spacial score (nSPS) is 17.4. The van der Waals surface area contributed by atoms with E-state index in [0.717, 1.165) is 18.4 Å². The van der Waals surface area contributed by atoms with Crippen LogP contribution in [0.5, 0.6) is 0 Å². The molecule has 1 aromatic carbocycles. The van der Waals surface area contributed by atoms with E-state index in [4.69, 9.17) is 4.74 Å². The molecule has 0 bridgehead atoms. The van der Waals surface area contributed by atoms with Crippen molar-refractivity contribution in [2.75, 3.05) is 19.8 Å². The zero-order valence-corrected chi connectivity index (χ0v) is 11.5. The molecule has 1 fully saturated rings. The number of hydrogen-bond acceptors (Lipinski definition) is 3. The summed E-state index contributed by atoms with van der Waals surface area (Å²) < 4.78 is 5.24. The molecule has 1 atom stereocenters. The van der Waals surface area contributed by atoms with E-state index in [1.165, 1.54) is 0 Å². The highest BCUT2D eigenvalue weighted by atomic mass is 16.5. The van der Waals surface area contributed by atoms with E-state index in [0.29, 0.717) is 26.2 Å². The van der Waals surface area contributed by atoms with E-state index in [1.54, 1.807) is 0 Å². The van der Waals surface area contributed by atoms with Gasteiger partial charge in [0.1, 0.15) is 0 Å². The number of aliphatic hydroxyl groups excluding tert-OH is 1. The van der Waals surface area contributed by atoms with Crippen molar-refractivity contribution < 1.29 is 14.6 Å². The molecule has 0 radical (unpaired) electrons. The first-order valence-electron chi connectivity index (χ1n) is 7.11. The molecule has 0 unspecified atom stereocenters. The average Bonchev–Trinajstić information content (AvgIpc) is 2.49. The summed E-state index contributed by atoms with van der Waals surface area (Å²) in [5, 5.41) is 15.7. The Bertz CT molecular complexity index is 405. The summed E-state index contributed by atoms with van der Waals surface area (Å²) in [5.41, 5.74) is 0.874. The van der Waals surface area contributed by atoms with E-state index in [2.05, 4.69) is 10.6 Å². The maximum absolute atomic E-state index is 11.7. The Hall–Kier alpha value is -1.59. The summed E-state index contributed by atoms with van der Waals surface area (Å²) in [6.07, 6.45) is 1.69. The number of urea groups is 1. The molecule has 0 saturated carbocycles. The molecular formula is C15H22N2O3. The van der Waals surface area contributed by atoms with Gasteiger partial charge in [-0.3, -0.25) is 0 Å². The van der Waals surface area contributed by atoms with Crippen LogP contribution >= 0.6 is 0 Å². The number of amides is 2. The van der Waals surface area contributed by atoms with Gasteiger partial charge in [-0.05, 0) is 24.8 Å². The third kappa shape index (κ3) is 4.83. The molecule has 1 aliphatic heterocycles. The standard InChI is InChI=1S/C15H22N2O3/c18-14(12-4-2-1-3-5-12)6-9-16-15(19)17-13-7-10-20-11-8-13/h1-5,13-14,18H,6-11H2,(H2,16,17,19)/t14-/m1/s1. The second kappa shape index (κ2) is 7.87. The lowest BCUT2D eigenvalue weighted by molar-refractivity contribution is 0.0800. The molecule has 2 rings (SSSR count). The SMILES string of the molecule is O=C(NCC[C@@H](O)c1ccccc1)NC1CCOCC1. The largest absolute Gasteiger partial charge is 0.388 e. The van der Waals surface area contributed by atoms with Crippen LogP contribution in [0.2, 0.25) is 0 Å². The van der Waals surface area contributed by atoms with Crippen LogP contribution in [0.15, 0.2) is 30.3 Å². The van der Waals surface area contributed by atoms with E-state index >= 15 is 0 Å². The maximum atomic E-state index is 11.7. The second-order valence-electron chi connectivity index (χ2n) is 5.00. The van der Waals surface area contributed by atoms with Crippen LogP contribution in [0.4, 0.5) is 4.79 Å². The summed E-state index contributed by atoms with van der Waals surface area (Å²) in [4.78, 5) is 11.7. The van der Waals surface area contributed by atoms with Gasteiger partial charge in [0.25, 0.3) is 0 Å². The molecule has 2 amide bonds. The Balaban J connectivity index is 1.63. The highest BCUT2D eigenvalue weighted by molar-refractivity contribution is 5.74. The monoisotopic (exact) mass is 278 g/mol. The number of rotatable bonds is 5. The van der Waals surface area contributed by atoms with Gasteiger partial charge in [-0.1, -0.05) is 30.3 Å². The van der Waals surface area contributed by atoms with E-state index in [9.17, 15) is 9.90 Å². The Labute approximate surface area is 119 Å². The molecule has 5 heteroatoms. The molecule has 20 heavy (non-hydrogen) atoms. The van der Waals surface area contributed by atoms with Crippen molar-refractivity contribution in [2.45, 2.75) is 31.4 Å². The van der Waals surface area contributed by atoms with Crippen molar-refractivity contribution in [1.29, 1.82) is 0 Å². The van der Waals surface area contributed by atoms with Crippen molar-refractivity contribution in [3.05, 3.63) is 35.9 Å². The van der Waals surface area contributed by atoms with Crippen molar-refractivity contribution >= 4 is 6.03 Å². The molecule has 0 aliphatic carbocycles. The molecule has 1 saturated heterocycles. The predicted molar refractivity (Wildman–Crippen MR) is 76.4 cm³/mol. The smallest absolute Gasteiger partial charge is 0.315 e. The summed E-state index contributed by atoms with van der Waals surface area (Å²) in [6, 6.07) is 9.49. The van der Waals surface area contributed by atoms with Gasteiger partial charge < -0.3 is 20.5 Å². The number of hydrogen-bond donors (Lipinski definition) is 3. The lowest BCUT2D eigenvalue weighted by Gasteiger charge is -2.23. The first kappa shape index (κ1) is 14.8. The predicted octanol–water partition coefficient (Wildman–Crippen LogP) is 1.59. The quantitative estimate of drug-likeness (QED) is 0.766. The van der Waals surface area contributed by atoms with Gasteiger partial charge in [0, 0.05) is 25.8 Å². The Morgan fingerprint density at radius 1 is 1.30 bits per heavy atom. The summed E-state index contributed by atoms with van der Waals surface area (Å²) in [7, 11) is 0. The fourth-order valence-electron chi connectivity index (χ4n) is 2.24. The number of benzene rings is 1. The first-order valence-corrected chi connectivity index (χ1v) is 7.11. The second-order valence-corrected chi connectivity index (χ2v) is 5.00. The summed E-state index contributed by atoms with van der Waals surface area (Å²) >= 11 is 0. The van der Waals surface area contributed by atoms with Gasteiger partial charge in [0.2, 0.25) is 0 Å². The number of aliphatic hydroxyl groups is 1.